The van der Waals surface area contributed by atoms with E-state index in [0.29, 0.717) is 18.5 Å². The molecule has 0 bridgehead atoms. The molecule has 0 radical (unpaired) electrons. The first-order chi connectivity index (χ1) is 9.10. The number of nitrogens with zero attached hydrogens (tertiary/aromatic N) is 2. The number of benzene rings is 1. The molecular formula is C15H21N3O. The van der Waals surface area contributed by atoms with Crippen LogP contribution < -0.4 is 5.73 Å². The van der Waals surface area contributed by atoms with Gasteiger partial charge in [0.15, 0.2) is 0 Å². The molecule has 0 unspecified atom stereocenters. The van der Waals surface area contributed by atoms with E-state index in [9.17, 15) is 5.11 Å². The van der Waals surface area contributed by atoms with E-state index in [-0.39, 0.29) is 6.10 Å². The number of rotatable bonds is 3. The average molecular weight is 259 g/mol. The molecule has 4 heteroatoms. The predicted octanol–water partition coefficient (Wildman–Crippen LogP) is 2.31. The third kappa shape index (κ3) is 2.05. The molecule has 1 aliphatic rings. The van der Waals surface area contributed by atoms with Gasteiger partial charge in [0.2, 0.25) is 0 Å². The first-order valence-corrected chi connectivity index (χ1v) is 6.99. The predicted molar refractivity (Wildman–Crippen MR) is 76.0 cm³/mol. The summed E-state index contributed by atoms with van der Waals surface area (Å²) >= 11 is 0. The van der Waals surface area contributed by atoms with Crippen molar-refractivity contribution in [1.29, 1.82) is 0 Å². The van der Waals surface area contributed by atoms with E-state index in [2.05, 4.69) is 36.6 Å². The summed E-state index contributed by atoms with van der Waals surface area (Å²) in [4.78, 5) is 4.80. The van der Waals surface area contributed by atoms with Gasteiger partial charge in [-0.25, -0.2) is 4.98 Å². The number of hydrogen-bond acceptors (Lipinski definition) is 3. The number of aliphatic hydroxyl groups excluding tert-OH is 1. The molecule has 102 valence electrons. The first kappa shape index (κ1) is 12.6. The molecule has 0 atom stereocenters. The molecule has 0 amide bonds. The van der Waals surface area contributed by atoms with Gasteiger partial charge in [0, 0.05) is 18.5 Å². The van der Waals surface area contributed by atoms with Crippen LogP contribution in [0.5, 0.6) is 0 Å². The van der Waals surface area contributed by atoms with Gasteiger partial charge in [0.05, 0.1) is 17.1 Å². The molecule has 1 heterocycles. The minimum Gasteiger partial charge on any atom is -0.393 e. The third-order valence-electron chi connectivity index (χ3n) is 4.01. The molecule has 3 N–H and O–H groups in total. The number of fused-ring (bicyclic) bond motifs is 1. The fourth-order valence-electron chi connectivity index (χ4n) is 2.92. The number of nitrogens with two attached hydrogens (primary N) is 1. The fourth-order valence-corrected chi connectivity index (χ4v) is 2.92. The number of aliphatic hydroxyl groups is 1. The zero-order valence-electron chi connectivity index (χ0n) is 11.5. The van der Waals surface area contributed by atoms with E-state index >= 15 is 0 Å². The second-order valence-electron chi connectivity index (χ2n) is 5.78. The maximum Gasteiger partial charge on any atom is 0.113 e. The lowest BCUT2D eigenvalue weighted by Gasteiger charge is -2.32. The van der Waals surface area contributed by atoms with E-state index in [0.717, 1.165) is 29.7 Å². The standard InChI is InChI=1S/C15H21N3O/c1-9(2)18-14-4-3-10(8-16)5-13(14)17-15(18)11-6-12(19)7-11/h3-5,9,11-12,19H,6-8,16H2,1-2H3. The smallest absolute Gasteiger partial charge is 0.113 e. The lowest BCUT2D eigenvalue weighted by molar-refractivity contribution is 0.0702. The quantitative estimate of drug-likeness (QED) is 0.889. The molecular weight excluding hydrogens is 238 g/mol. The van der Waals surface area contributed by atoms with Crippen LogP contribution in [0.2, 0.25) is 0 Å². The highest BCUT2D eigenvalue weighted by Crippen LogP contribution is 2.38. The van der Waals surface area contributed by atoms with Crippen LogP contribution in [0.1, 0.15) is 50.0 Å². The summed E-state index contributed by atoms with van der Waals surface area (Å²) < 4.78 is 2.30. The van der Waals surface area contributed by atoms with Crippen LogP contribution in [0.4, 0.5) is 0 Å². The summed E-state index contributed by atoms with van der Waals surface area (Å²) in [7, 11) is 0. The van der Waals surface area contributed by atoms with Gasteiger partial charge in [-0.1, -0.05) is 6.07 Å². The number of aromatic nitrogens is 2. The van der Waals surface area contributed by atoms with E-state index in [1.165, 1.54) is 5.52 Å². The maximum atomic E-state index is 9.51. The lowest BCUT2D eigenvalue weighted by Crippen LogP contribution is -2.29. The summed E-state index contributed by atoms with van der Waals surface area (Å²) in [6.45, 7) is 4.90. The maximum absolute atomic E-state index is 9.51. The Labute approximate surface area is 113 Å². The fraction of sp³-hybridized carbons (Fsp3) is 0.533. The lowest BCUT2D eigenvalue weighted by atomic mass is 9.82. The molecule has 4 nitrogen and oxygen atoms in total. The molecule has 3 rings (SSSR count). The van der Waals surface area contributed by atoms with Crippen molar-refractivity contribution >= 4 is 11.0 Å². The highest BCUT2D eigenvalue weighted by Gasteiger charge is 2.33. The summed E-state index contributed by atoms with van der Waals surface area (Å²) in [5, 5.41) is 9.51. The van der Waals surface area contributed by atoms with E-state index in [4.69, 9.17) is 10.7 Å². The SMILES string of the molecule is CC(C)n1c(C2CC(O)C2)nc2cc(CN)ccc21. The van der Waals surface area contributed by atoms with Gasteiger partial charge in [0.25, 0.3) is 0 Å². The van der Waals surface area contributed by atoms with Crippen LogP contribution >= 0.6 is 0 Å². The normalized spacial score (nSPS) is 23.0. The highest BCUT2D eigenvalue weighted by molar-refractivity contribution is 5.77. The molecule has 1 fully saturated rings. The zero-order valence-corrected chi connectivity index (χ0v) is 11.5. The van der Waals surface area contributed by atoms with Gasteiger partial charge in [-0.3, -0.25) is 0 Å². The Bertz CT molecular complexity index is 597. The van der Waals surface area contributed by atoms with Gasteiger partial charge < -0.3 is 15.4 Å². The second kappa shape index (κ2) is 4.62. The van der Waals surface area contributed by atoms with Crippen LogP contribution in [0, 0.1) is 0 Å². The van der Waals surface area contributed by atoms with Crippen molar-refractivity contribution in [2.45, 2.75) is 51.3 Å². The molecule has 0 aliphatic heterocycles. The molecule has 0 saturated heterocycles. The van der Waals surface area contributed by atoms with Crippen molar-refractivity contribution in [3.8, 4) is 0 Å². The Morgan fingerprint density at radius 1 is 1.42 bits per heavy atom. The zero-order chi connectivity index (χ0) is 13.6. The average Bonchev–Trinajstić information content (AvgIpc) is 2.72. The molecule has 1 aromatic heterocycles. The van der Waals surface area contributed by atoms with Crippen molar-refractivity contribution in [3.05, 3.63) is 29.6 Å². The number of hydrogen-bond donors (Lipinski definition) is 2. The van der Waals surface area contributed by atoms with Gasteiger partial charge in [-0.05, 0) is 44.4 Å². The van der Waals surface area contributed by atoms with Crippen molar-refractivity contribution in [2.24, 2.45) is 5.73 Å². The van der Waals surface area contributed by atoms with E-state index < -0.39 is 0 Å². The summed E-state index contributed by atoms with van der Waals surface area (Å²) in [6.07, 6.45) is 1.52. The van der Waals surface area contributed by atoms with Gasteiger partial charge in [-0.15, -0.1) is 0 Å². The minimum absolute atomic E-state index is 0.148. The molecule has 19 heavy (non-hydrogen) atoms. The Morgan fingerprint density at radius 3 is 2.74 bits per heavy atom. The largest absolute Gasteiger partial charge is 0.393 e. The Kier molecular flexibility index (Phi) is 3.07. The van der Waals surface area contributed by atoms with E-state index in [1.807, 2.05) is 0 Å². The summed E-state index contributed by atoms with van der Waals surface area (Å²) in [5.41, 5.74) is 9.00. The first-order valence-electron chi connectivity index (χ1n) is 6.99. The van der Waals surface area contributed by atoms with Crippen molar-refractivity contribution in [1.82, 2.24) is 9.55 Å². The Morgan fingerprint density at radius 2 is 2.16 bits per heavy atom. The molecule has 2 aromatic rings. The van der Waals surface area contributed by atoms with Gasteiger partial charge in [0.1, 0.15) is 5.82 Å². The molecule has 1 aromatic carbocycles. The highest BCUT2D eigenvalue weighted by atomic mass is 16.3. The van der Waals surface area contributed by atoms with Gasteiger partial charge >= 0.3 is 0 Å². The molecule has 1 aliphatic carbocycles. The monoisotopic (exact) mass is 259 g/mol. The summed E-state index contributed by atoms with van der Waals surface area (Å²) in [5.74, 6) is 1.51. The molecule has 0 spiro atoms. The van der Waals surface area contributed by atoms with E-state index in [1.54, 1.807) is 0 Å². The second-order valence-corrected chi connectivity index (χ2v) is 5.78. The Balaban J connectivity index is 2.12. The van der Waals surface area contributed by atoms with Crippen LogP contribution in [0.3, 0.4) is 0 Å². The Hall–Kier alpha value is -1.39. The van der Waals surface area contributed by atoms with Gasteiger partial charge in [-0.2, -0.15) is 0 Å². The minimum atomic E-state index is -0.148. The van der Waals surface area contributed by atoms with Crippen LogP contribution in [-0.4, -0.2) is 20.8 Å². The molecule has 1 saturated carbocycles. The van der Waals surface area contributed by atoms with Crippen LogP contribution in [0.25, 0.3) is 11.0 Å². The van der Waals surface area contributed by atoms with Crippen LogP contribution in [0.15, 0.2) is 18.2 Å². The van der Waals surface area contributed by atoms with Crippen LogP contribution in [-0.2, 0) is 6.54 Å². The topological polar surface area (TPSA) is 64.1 Å². The van der Waals surface area contributed by atoms with Crippen molar-refractivity contribution in [3.63, 3.8) is 0 Å². The summed E-state index contributed by atoms with van der Waals surface area (Å²) in [6, 6.07) is 6.64. The number of imidazole rings is 1. The third-order valence-corrected chi connectivity index (χ3v) is 4.01. The van der Waals surface area contributed by atoms with Crippen molar-refractivity contribution < 1.29 is 5.11 Å². The van der Waals surface area contributed by atoms with Crippen molar-refractivity contribution in [2.75, 3.05) is 0 Å².